The number of Topliss-reactive ketones (excluding diaryl/α,β-unsaturated/α-hetero) is 1. The Balaban J connectivity index is 2.14. The predicted molar refractivity (Wildman–Crippen MR) is 85.8 cm³/mol. The van der Waals surface area contributed by atoms with Crippen LogP contribution in [0.15, 0.2) is 47.4 Å². The molecule has 0 unspecified atom stereocenters. The molecule has 0 saturated heterocycles. The molecule has 0 atom stereocenters. The van der Waals surface area contributed by atoms with Crippen LogP contribution in [0.25, 0.3) is 0 Å². The topological polar surface area (TPSA) is 54.5 Å². The normalized spacial score (nSPS) is 14.8. The van der Waals surface area contributed by atoms with Crippen LogP contribution in [-0.2, 0) is 10.0 Å². The van der Waals surface area contributed by atoms with Gasteiger partial charge in [-0.3, -0.25) is 9.10 Å². The molecule has 114 valence electrons. The molecular formula is C17H17NO3S. The van der Waals surface area contributed by atoms with E-state index in [0.29, 0.717) is 11.3 Å². The van der Waals surface area contributed by atoms with Crippen molar-refractivity contribution in [1.29, 1.82) is 0 Å². The summed E-state index contributed by atoms with van der Waals surface area (Å²) in [4.78, 5) is 12.3. The second-order valence-electron chi connectivity index (χ2n) is 5.59. The molecule has 0 bridgehead atoms. The van der Waals surface area contributed by atoms with Crippen molar-refractivity contribution in [1.82, 2.24) is 0 Å². The second-order valence-corrected chi connectivity index (χ2v) is 7.45. The maximum atomic E-state index is 12.9. The molecule has 3 rings (SSSR count). The van der Waals surface area contributed by atoms with Gasteiger partial charge in [-0.25, -0.2) is 8.42 Å². The van der Waals surface area contributed by atoms with Gasteiger partial charge in [0.1, 0.15) is 0 Å². The first kappa shape index (κ1) is 14.8. The first-order valence-electron chi connectivity index (χ1n) is 7.13. The predicted octanol–water partition coefficient (Wildman–Crippen LogP) is 3.09. The van der Waals surface area contributed by atoms with Crippen molar-refractivity contribution in [3.63, 3.8) is 0 Å². The molecule has 1 aliphatic rings. The molecule has 0 N–H and O–H groups in total. The number of ketones is 1. The van der Waals surface area contributed by atoms with E-state index in [0.717, 1.165) is 11.1 Å². The summed E-state index contributed by atoms with van der Waals surface area (Å²) in [7, 11) is -3.65. The number of rotatable bonds is 2. The van der Waals surface area contributed by atoms with Gasteiger partial charge in [-0.05, 0) is 43.7 Å². The molecule has 22 heavy (non-hydrogen) atoms. The standard InChI is InChI=1S/C17H17NO3S/c1-12-4-3-5-14(10-12)22(20,21)18-9-8-17(19)15-11-13(2)6-7-16(15)18/h3-7,10-11H,8-9H2,1-2H3. The van der Waals surface area contributed by atoms with Crippen molar-refractivity contribution in [2.45, 2.75) is 25.2 Å². The number of hydrogen-bond acceptors (Lipinski definition) is 3. The van der Waals surface area contributed by atoms with E-state index in [1.165, 1.54) is 4.31 Å². The molecule has 0 fully saturated rings. The summed E-state index contributed by atoms with van der Waals surface area (Å²) in [6.07, 6.45) is 0.210. The van der Waals surface area contributed by atoms with Crippen LogP contribution in [0, 0.1) is 13.8 Å². The van der Waals surface area contributed by atoms with Gasteiger partial charge >= 0.3 is 0 Å². The van der Waals surface area contributed by atoms with Crippen molar-refractivity contribution in [2.75, 3.05) is 10.8 Å². The Hall–Kier alpha value is -2.14. The highest BCUT2D eigenvalue weighted by Crippen LogP contribution is 2.32. The van der Waals surface area contributed by atoms with Crippen LogP contribution in [0.1, 0.15) is 27.9 Å². The Labute approximate surface area is 130 Å². The summed E-state index contributed by atoms with van der Waals surface area (Å²) in [5, 5.41) is 0. The van der Waals surface area contributed by atoms with E-state index >= 15 is 0 Å². The van der Waals surface area contributed by atoms with E-state index in [2.05, 4.69) is 0 Å². The van der Waals surface area contributed by atoms with Gasteiger partial charge in [0.15, 0.2) is 5.78 Å². The van der Waals surface area contributed by atoms with Crippen LogP contribution >= 0.6 is 0 Å². The highest BCUT2D eigenvalue weighted by Gasteiger charge is 2.32. The third kappa shape index (κ3) is 2.41. The Morgan fingerprint density at radius 2 is 1.73 bits per heavy atom. The fourth-order valence-corrected chi connectivity index (χ4v) is 4.29. The number of aryl methyl sites for hydroxylation is 2. The Morgan fingerprint density at radius 3 is 2.45 bits per heavy atom. The number of anilines is 1. The molecule has 0 aliphatic carbocycles. The lowest BCUT2D eigenvalue weighted by Gasteiger charge is -2.30. The van der Waals surface area contributed by atoms with Crippen molar-refractivity contribution in [3.8, 4) is 0 Å². The highest BCUT2D eigenvalue weighted by molar-refractivity contribution is 7.92. The average Bonchev–Trinajstić information content (AvgIpc) is 2.48. The van der Waals surface area contributed by atoms with E-state index in [1.54, 1.807) is 30.3 Å². The third-order valence-corrected chi connectivity index (χ3v) is 5.65. The van der Waals surface area contributed by atoms with Crippen LogP contribution in [0.2, 0.25) is 0 Å². The lowest BCUT2D eigenvalue weighted by molar-refractivity contribution is 0.0982. The van der Waals surface area contributed by atoms with Gasteiger partial charge in [-0.2, -0.15) is 0 Å². The van der Waals surface area contributed by atoms with Crippen LogP contribution < -0.4 is 4.31 Å². The number of carbonyl (C=O) groups is 1. The van der Waals surface area contributed by atoms with E-state index in [9.17, 15) is 13.2 Å². The SMILES string of the molecule is Cc1cccc(S(=O)(=O)N2CCC(=O)c3cc(C)ccc32)c1. The molecule has 0 aromatic heterocycles. The molecule has 0 spiro atoms. The number of carbonyl (C=O) groups excluding carboxylic acids is 1. The highest BCUT2D eigenvalue weighted by atomic mass is 32.2. The minimum Gasteiger partial charge on any atom is -0.294 e. The van der Waals surface area contributed by atoms with Gasteiger partial charge in [0.05, 0.1) is 10.6 Å². The molecule has 2 aromatic carbocycles. The van der Waals surface area contributed by atoms with Gasteiger partial charge in [0.25, 0.3) is 10.0 Å². The summed E-state index contributed by atoms with van der Waals surface area (Å²) in [5.41, 5.74) is 2.80. The lowest BCUT2D eigenvalue weighted by Crippen LogP contribution is -2.37. The summed E-state index contributed by atoms with van der Waals surface area (Å²) >= 11 is 0. The van der Waals surface area contributed by atoms with Crippen LogP contribution in [0.3, 0.4) is 0 Å². The molecule has 0 radical (unpaired) electrons. The van der Waals surface area contributed by atoms with Gasteiger partial charge in [-0.1, -0.05) is 23.8 Å². The van der Waals surface area contributed by atoms with Crippen molar-refractivity contribution in [3.05, 3.63) is 59.2 Å². The summed E-state index contributed by atoms with van der Waals surface area (Å²) in [6, 6.07) is 12.1. The van der Waals surface area contributed by atoms with E-state index in [4.69, 9.17) is 0 Å². The van der Waals surface area contributed by atoms with Gasteiger partial charge in [-0.15, -0.1) is 0 Å². The zero-order valence-corrected chi connectivity index (χ0v) is 13.4. The molecule has 5 heteroatoms. The van der Waals surface area contributed by atoms with E-state index < -0.39 is 10.0 Å². The number of sulfonamides is 1. The van der Waals surface area contributed by atoms with Crippen molar-refractivity contribution >= 4 is 21.5 Å². The maximum Gasteiger partial charge on any atom is 0.264 e. The number of nitrogens with zero attached hydrogens (tertiary/aromatic N) is 1. The zero-order chi connectivity index (χ0) is 15.9. The number of hydrogen-bond donors (Lipinski definition) is 0. The summed E-state index contributed by atoms with van der Waals surface area (Å²) in [5.74, 6) is -0.00519. The largest absolute Gasteiger partial charge is 0.294 e. The summed E-state index contributed by atoms with van der Waals surface area (Å²) < 4.78 is 27.2. The molecule has 1 aliphatic heterocycles. The third-order valence-electron chi connectivity index (χ3n) is 3.84. The van der Waals surface area contributed by atoms with Gasteiger partial charge < -0.3 is 0 Å². The first-order chi connectivity index (χ1) is 10.4. The second kappa shape index (κ2) is 5.25. The fourth-order valence-electron chi connectivity index (χ4n) is 2.70. The molecule has 0 amide bonds. The fraction of sp³-hybridized carbons (Fsp3) is 0.235. The Bertz CT molecular complexity index is 856. The van der Waals surface area contributed by atoms with E-state index in [-0.39, 0.29) is 23.6 Å². The first-order valence-corrected chi connectivity index (χ1v) is 8.57. The van der Waals surface area contributed by atoms with Crippen LogP contribution in [-0.4, -0.2) is 20.7 Å². The molecule has 1 heterocycles. The van der Waals surface area contributed by atoms with Gasteiger partial charge in [0, 0.05) is 18.5 Å². The van der Waals surface area contributed by atoms with Crippen LogP contribution in [0.4, 0.5) is 5.69 Å². The van der Waals surface area contributed by atoms with Gasteiger partial charge in [0.2, 0.25) is 0 Å². The minimum atomic E-state index is -3.65. The van der Waals surface area contributed by atoms with Crippen molar-refractivity contribution in [2.24, 2.45) is 0 Å². The Morgan fingerprint density at radius 1 is 1.00 bits per heavy atom. The maximum absolute atomic E-state index is 12.9. The lowest BCUT2D eigenvalue weighted by atomic mass is 10.0. The Kier molecular flexibility index (Phi) is 3.53. The number of fused-ring (bicyclic) bond motifs is 1. The van der Waals surface area contributed by atoms with Crippen LogP contribution in [0.5, 0.6) is 0 Å². The number of benzene rings is 2. The molecule has 2 aromatic rings. The average molecular weight is 315 g/mol. The summed E-state index contributed by atoms with van der Waals surface area (Å²) in [6.45, 7) is 3.93. The minimum absolute atomic E-state index is 0.00519. The smallest absolute Gasteiger partial charge is 0.264 e. The van der Waals surface area contributed by atoms with Crippen molar-refractivity contribution < 1.29 is 13.2 Å². The monoisotopic (exact) mass is 315 g/mol. The quantitative estimate of drug-likeness (QED) is 0.856. The molecule has 0 saturated carbocycles. The molecular weight excluding hydrogens is 298 g/mol. The van der Waals surface area contributed by atoms with E-state index in [1.807, 2.05) is 26.0 Å². The zero-order valence-electron chi connectivity index (χ0n) is 12.5. The molecule has 4 nitrogen and oxygen atoms in total.